The zero-order chi connectivity index (χ0) is 24.4. The second-order valence-electron chi connectivity index (χ2n) is 8.80. The molecule has 34 heavy (non-hydrogen) atoms. The molecule has 0 radical (unpaired) electrons. The quantitative estimate of drug-likeness (QED) is 0.438. The van der Waals surface area contributed by atoms with Crippen LogP contribution in [-0.4, -0.2) is 18.4 Å². The summed E-state index contributed by atoms with van der Waals surface area (Å²) in [4.78, 5) is 28.8. The van der Waals surface area contributed by atoms with Crippen molar-refractivity contribution in [2.45, 2.75) is 41.0 Å². The molecule has 0 unspecified atom stereocenters. The van der Waals surface area contributed by atoms with E-state index in [9.17, 15) is 9.59 Å². The van der Waals surface area contributed by atoms with Gasteiger partial charge in [-0.05, 0) is 80.6 Å². The number of aryl methyl sites for hydroxylation is 4. The van der Waals surface area contributed by atoms with Gasteiger partial charge in [-0.3, -0.25) is 9.59 Å². The van der Waals surface area contributed by atoms with Gasteiger partial charge in [-0.1, -0.05) is 48.9 Å². The van der Waals surface area contributed by atoms with Crippen LogP contribution in [0.2, 0.25) is 0 Å². The van der Waals surface area contributed by atoms with Gasteiger partial charge in [0, 0.05) is 5.69 Å². The number of anilines is 2. The van der Waals surface area contributed by atoms with Crippen molar-refractivity contribution in [3.63, 3.8) is 0 Å². The summed E-state index contributed by atoms with van der Waals surface area (Å²) < 4.78 is 5.70. The lowest BCUT2D eigenvalue weighted by molar-refractivity contribution is -0.120. The smallest absolute Gasteiger partial charge is 0.282 e. The number of rotatable bonds is 7. The Labute approximate surface area is 201 Å². The van der Waals surface area contributed by atoms with Crippen molar-refractivity contribution in [3.8, 4) is 5.75 Å². The number of benzene rings is 3. The Bertz CT molecular complexity index is 1290. The van der Waals surface area contributed by atoms with E-state index in [1.54, 1.807) is 0 Å². The summed E-state index contributed by atoms with van der Waals surface area (Å²) >= 11 is 0. The fraction of sp³-hybridized carbons (Fsp3) is 0.241. The first-order valence-electron chi connectivity index (χ1n) is 11.6. The van der Waals surface area contributed by atoms with Crippen molar-refractivity contribution in [1.29, 1.82) is 0 Å². The van der Waals surface area contributed by atoms with Crippen LogP contribution in [0.5, 0.6) is 5.75 Å². The molecule has 1 heterocycles. The van der Waals surface area contributed by atoms with E-state index in [1.165, 1.54) is 4.90 Å². The van der Waals surface area contributed by atoms with Gasteiger partial charge in [0.2, 0.25) is 0 Å². The SMILES string of the molecule is CCCOc1ccc(C2=C(Nc3ccc(C)cc3C)C(=O)N(c3cc(C)ccc3C)C2=O)cc1. The largest absolute Gasteiger partial charge is 0.494 e. The van der Waals surface area contributed by atoms with E-state index < -0.39 is 0 Å². The lowest BCUT2D eigenvalue weighted by Gasteiger charge is -2.18. The van der Waals surface area contributed by atoms with Crippen LogP contribution in [0.3, 0.4) is 0 Å². The van der Waals surface area contributed by atoms with Crippen molar-refractivity contribution in [2.24, 2.45) is 0 Å². The molecule has 3 aromatic carbocycles. The van der Waals surface area contributed by atoms with E-state index in [-0.39, 0.29) is 17.5 Å². The zero-order valence-electron chi connectivity index (χ0n) is 20.4. The molecule has 174 valence electrons. The van der Waals surface area contributed by atoms with Crippen LogP contribution in [0.15, 0.2) is 66.4 Å². The first-order valence-corrected chi connectivity index (χ1v) is 11.6. The average molecular weight is 455 g/mol. The monoisotopic (exact) mass is 454 g/mol. The van der Waals surface area contributed by atoms with Crippen LogP contribution in [0.1, 0.15) is 41.2 Å². The van der Waals surface area contributed by atoms with Gasteiger partial charge in [-0.25, -0.2) is 4.90 Å². The van der Waals surface area contributed by atoms with Gasteiger partial charge in [-0.15, -0.1) is 0 Å². The van der Waals surface area contributed by atoms with E-state index in [4.69, 9.17) is 4.74 Å². The zero-order valence-corrected chi connectivity index (χ0v) is 20.4. The molecule has 4 rings (SSSR count). The summed E-state index contributed by atoms with van der Waals surface area (Å²) in [5.41, 5.74) is 6.68. The Morgan fingerprint density at radius 3 is 2.15 bits per heavy atom. The summed E-state index contributed by atoms with van der Waals surface area (Å²) in [6, 6.07) is 19.1. The molecule has 1 aliphatic rings. The van der Waals surface area contributed by atoms with Crippen molar-refractivity contribution in [3.05, 3.63) is 94.2 Å². The summed E-state index contributed by atoms with van der Waals surface area (Å²) in [6.07, 6.45) is 0.911. The molecule has 1 aliphatic heterocycles. The number of carbonyl (C=O) groups excluding carboxylic acids is 2. The number of amides is 2. The summed E-state index contributed by atoms with van der Waals surface area (Å²) in [7, 11) is 0. The minimum Gasteiger partial charge on any atom is -0.494 e. The van der Waals surface area contributed by atoms with Gasteiger partial charge < -0.3 is 10.1 Å². The number of hydrogen-bond donors (Lipinski definition) is 1. The predicted octanol–water partition coefficient (Wildman–Crippen LogP) is 6.11. The summed E-state index contributed by atoms with van der Waals surface area (Å²) in [6.45, 7) is 10.5. The van der Waals surface area contributed by atoms with E-state index in [2.05, 4.69) is 12.2 Å². The van der Waals surface area contributed by atoms with Gasteiger partial charge in [0.05, 0.1) is 17.9 Å². The van der Waals surface area contributed by atoms with Gasteiger partial charge >= 0.3 is 0 Å². The number of imide groups is 1. The van der Waals surface area contributed by atoms with Crippen LogP contribution in [0.25, 0.3) is 5.57 Å². The van der Waals surface area contributed by atoms with E-state index >= 15 is 0 Å². The van der Waals surface area contributed by atoms with Crippen LogP contribution in [-0.2, 0) is 9.59 Å². The van der Waals surface area contributed by atoms with Crippen molar-refractivity contribution in [2.75, 3.05) is 16.8 Å². The second kappa shape index (κ2) is 9.56. The maximum atomic E-state index is 13.8. The first kappa shape index (κ1) is 23.3. The maximum Gasteiger partial charge on any atom is 0.282 e. The molecule has 0 aromatic heterocycles. The standard InChI is InChI=1S/C29H30N2O3/c1-6-15-34-23-12-10-22(11-13-23)26-27(30-24-14-8-18(2)16-21(24)5)29(33)31(28(26)32)25-17-19(3)7-9-20(25)4/h7-14,16-17,30H,6,15H2,1-5H3. The minimum atomic E-state index is -0.361. The molecule has 5 heteroatoms. The molecule has 2 amide bonds. The van der Waals surface area contributed by atoms with Gasteiger partial charge in [0.1, 0.15) is 11.4 Å². The highest BCUT2D eigenvalue weighted by Crippen LogP contribution is 2.36. The molecule has 0 saturated carbocycles. The third-order valence-corrected chi connectivity index (χ3v) is 5.95. The second-order valence-corrected chi connectivity index (χ2v) is 8.80. The molecule has 0 bridgehead atoms. The van der Waals surface area contributed by atoms with E-state index in [1.807, 2.05) is 88.4 Å². The molecule has 0 saturated heterocycles. The topological polar surface area (TPSA) is 58.6 Å². The van der Waals surface area contributed by atoms with Gasteiger partial charge in [0.15, 0.2) is 0 Å². The normalized spacial score (nSPS) is 13.6. The molecule has 0 aliphatic carbocycles. The number of nitrogens with zero attached hydrogens (tertiary/aromatic N) is 1. The fourth-order valence-electron chi connectivity index (χ4n) is 4.12. The van der Waals surface area contributed by atoms with Crippen molar-refractivity contribution in [1.82, 2.24) is 0 Å². The summed E-state index contributed by atoms with van der Waals surface area (Å²) in [5, 5.41) is 3.28. The van der Waals surface area contributed by atoms with Crippen molar-refractivity contribution < 1.29 is 14.3 Å². The highest BCUT2D eigenvalue weighted by atomic mass is 16.5. The number of carbonyl (C=O) groups is 2. The highest BCUT2D eigenvalue weighted by Gasteiger charge is 2.41. The Hall–Kier alpha value is -3.86. The first-order chi connectivity index (χ1) is 16.3. The summed E-state index contributed by atoms with van der Waals surface area (Å²) in [5.74, 6) is 0.0337. The third-order valence-electron chi connectivity index (χ3n) is 5.95. The average Bonchev–Trinajstić information content (AvgIpc) is 3.05. The highest BCUT2D eigenvalue weighted by molar-refractivity contribution is 6.46. The maximum absolute atomic E-state index is 13.8. The van der Waals surface area contributed by atoms with Crippen molar-refractivity contribution >= 4 is 28.8 Å². The van der Waals surface area contributed by atoms with Crippen LogP contribution >= 0.6 is 0 Å². The van der Waals surface area contributed by atoms with Crippen LogP contribution in [0.4, 0.5) is 11.4 Å². The van der Waals surface area contributed by atoms with Crippen LogP contribution < -0.4 is 15.0 Å². The van der Waals surface area contributed by atoms with E-state index in [0.29, 0.717) is 23.4 Å². The lowest BCUT2D eigenvalue weighted by Crippen LogP contribution is -2.33. The minimum absolute atomic E-state index is 0.278. The van der Waals surface area contributed by atoms with E-state index in [0.717, 1.165) is 40.1 Å². The number of nitrogens with one attached hydrogen (secondary N) is 1. The molecular weight excluding hydrogens is 424 g/mol. The lowest BCUT2D eigenvalue weighted by atomic mass is 10.0. The van der Waals surface area contributed by atoms with Crippen LogP contribution in [0, 0.1) is 27.7 Å². The molecule has 0 atom stereocenters. The molecule has 0 spiro atoms. The fourth-order valence-corrected chi connectivity index (χ4v) is 4.12. The molecular formula is C29H30N2O3. The molecule has 1 N–H and O–H groups in total. The Morgan fingerprint density at radius 2 is 1.47 bits per heavy atom. The van der Waals surface area contributed by atoms with Gasteiger partial charge in [0.25, 0.3) is 11.8 Å². The Morgan fingerprint density at radius 1 is 0.794 bits per heavy atom. The predicted molar refractivity (Wildman–Crippen MR) is 137 cm³/mol. The number of hydrogen-bond acceptors (Lipinski definition) is 4. The Balaban J connectivity index is 1.81. The Kier molecular flexibility index (Phi) is 6.55. The molecule has 5 nitrogen and oxygen atoms in total. The number of ether oxygens (including phenoxy) is 1. The van der Waals surface area contributed by atoms with Gasteiger partial charge in [-0.2, -0.15) is 0 Å². The molecule has 3 aromatic rings. The third kappa shape index (κ3) is 4.46. The molecule has 0 fully saturated rings.